The topological polar surface area (TPSA) is 63.0 Å². The summed E-state index contributed by atoms with van der Waals surface area (Å²) in [7, 11) is 1.85. The van der Waals surface area contributed by atoms with Crippen LogP contribution in [0.2, 0.25) is 0 Å². The second-order valence-corrected chi connectivity index (χ2v) is 3.58. The van der Waals surface area contributed by atoms with Crippen molar-refractivity contribution in [1.29, 1.82) is 0 Å². The lowest BCUT2D eigenvalue weighted by molar-refractivity contribution is 0.464. The van der Waals surface area contributed by atoms with E-state index in [1.807, 2.05) is 25.2 Å². The fourth-order valence-electron chi connectivity index (χ4n) is 1.46. The van der Waals surface area contributed by atoms with E-state index in [9.17, 15) is 5.11 Å². The Kier molecular flexibility index (Phi) is 3.16. The van der Waals surface area contributed by atoms with E-state index in [0.717, 1.165) is 11.3 Å². The third-order valence-corrected chi connectivity index (χ3v) is 2.42. The van der Waals surface area contributed by atoms with Crippen LogP contribution in [0.5, 0.6) is 5.75 Å². The van der Waals surface area contributed by atoms with E-state index in [1.165, 1.54) is 0 Å². The van der Waals surface area contributed by atoms with Crippen LogP contribution in [0.25, 0.3) is 0 Å². The van der Waals surface area contributed by atoms with Gasteiger partial charge in [0.25, 0.3) is 0 Å². The van der Waals surface area contributed by atoms with Crippen LogP contribution in [0.3, 0.4) is 0 Å². The van der Waals surface area contributed by atoms with Gasteiger partial charge in [0.1, 0.15) is 5.75 Å². The summed E-state index contributed by atoms with van der Waals surface area (Å²) in [6.45, 7) is 1.30. The van der Waals surface area contributed by atoms with E-state index in [1.54, 1.807) is 16.9 Å². The van der Waals surface area contributed by atoms with Crippen LogP contribution in [0, 0.1) is 0 Å². The summed E-state index contributed by atoms with van der Waals surface area (Å²) in [5, 5.41) is 20.4. The molecular weight excluding hydrogens is 204 g/mol. The van der Waals surface area contributed by atoms with Crippen LogP contribution in [-0.2, 0) is 20.1 Å². The second kappa shape index (κ2) is 4.76. The highest BCUT2D eigenvalue weighted by molar-refractivity contribution is 5.31. The van der Waals surface area contributed by atoms with Gasteiger partial charge in [-0.15, -0.1) is 5.10 Å². The van der Waals surface area contributed by atoms with Gasteiger partial charge in [0.15, 0.2) is 0 Å². The Morgan fingerprint density at radius 3 is 2.81 bits per heavy atom. The van der Waals surface area contributed by atoms with Gasteiger partial charge in [-0.05, 0) is 6.07 Å². The third-order valence-electron chi connectivity index (χ3n) is 2.42. The van der Waals surface area contributed by atoms with Gasteiger partial charge in [0, 0.05) is 25.7 Å². The highest BCUT2D eigenvalue weighted by Gasteiger charge is 2.01. The average molecular weight is 218 g/mol. The Morgan fingerprint density at radius 1 is 1.31 bits per heavy atom. The standard InChI is InChI=1S/C11H14N4O/c1-15-10(8-13-14-15)7-12-6-9-4-2-3-5-11(9)16/h2-5,8,12,16H,6-7H2,1H3. The lowest BCUT2D eigenvalue weighted by Gasteiger charge is -2.06. The van der Waals surface area contributed by atoms with E-state index in [0.29, 0.717) is 18.8 Å². The molecule has 0 spiro atoms. The summed E-state index contributed by atoms with van der Waals surface area (Å²) >= 11 is 0. The predicted octanol–water partition coefficient (Wildman–Crippen LogP) is 0.810. The largest absolute Gasteiger partial charge is 0.508 e. The minimum absolute atomic E-state index is 0.318. The zero-order valence-electron chi connectivity index (χ0n) is 9.09. The maximum atomic E-state index is 9.55. The summed E-state index contributed by atoms with van der Waals surface area (Å²) in [4.78, 5) is 0. The fraction of sp³-hybridized carbons (Fsp3) is 0.273. The Labute approximate surface area is 93.7 Å². The number of benzene rings is 1. The molecule has 2 aromatic rings. The van der Waals surface area contributed by atoms with Crippen molar-refractivity contribution in [1.82, 2.24) is 20.3 Å². The van der Waals surface area contributed by atoms with E-state index in [-0.39, 0.29) is 0 Å². The summed E-state index contributed by atoms with van der Waals surface area (Å²) < 4.78 is 1.72. The number of aromatic nitrogens is 3. The quantitative estimate of drug-likeness (QED) is 0.797. The summed E-state index contributed by atoms with van der Waals surface area (Å²) in [6, 6.07) is 7.29. The van der Waals surface area contributed by atoms with Crippen LogP contribution >= 0.6 is 0 Å². The summed E-state index contributed by atoms with van der Waals surface area (Å²) in [5.41, 5.74) is 1.90. The monoisotopic (exact) mass is 218 g/mol. The molecule has 0 saturated heterocycles. The SMILES string of the molecule is Cn1nncc1CNCc1ccccc1O. The molecule has 1 heterocycles. The van der Waals surface area contributed by atoms with Gasteiger partial charge in [-0.3, -0.25) is 4.68 Å². The maximum absolute atomic E-state index is 9.55. The number of nitrogens with one attached hydrogen (secondary N) is 1. The van der Waals surface area contributed by atoms with Gasteiger partial charge in [0.2, 0.25) is 0 Å². The van der Waals surface area contributed by atoms with Crippen LogP contribution in [0.4, 0.5) is 0 Å². The average Bonchev–Trinajstić information content (AvgIpc) is 2.67. The van der Waals surface area contributed by atoms with Gasteiger partial charge in [-0.2, -0.15) is 0 Å². The molecule has 2 N–H and O–H groups in total. The first-order valence-corrected chi connectivity index (χ1v) is 5.08. The Morgan fingerprint density at radius 2 is 2.12 bits per heavy atom. The van der Waals surface area contributed by atoms with E-state index >= 15 is 0 Å². The van der Waals surface area contributed by atoms with E-state index in [2.05, 4.69) is 15.6 Å². The summed E-state index contributed by atoms with van der Waals surface area (Å²) in [5.74, 6) is 0.318. The minimum atomic E-state index is 0.318. The lowest BCUT2D eigenvalue weighted by atomic mass is 10.2. The molecule has 0 atom stereocenters. The number of phenolic OH excluding ortho intramolecular Hbond substituents is 1. The van der Waals surface area contributed by atoms with Crippen molar-refractivity contribution in [2.24, 2.45) is 7.05 Å². The molecule has 1 aromatic heterocycles. The molecule has 0 saturated carbocycles. The number of hydrogen-bond acceptors (Lipinski definition) is 4. The molecule has 0 amide bonds. The van der Waals surface area contributed by atoms with Gasteiger partial charge in [-0.25, -0.2) is 0 Å². The Bertz CT molecular complexity index is 467. The highest BCUT2D eigenvalue weighted by Crippen LogP contribution is 2.14. The molecule has 0 fully saturated rings. The molecule has 0 aliphatic carbocycles. The molecule has 84 valence electrons. The zero-order valence-corrected chi connectivity index (χ0v) is 9.09. The zero-order chi connectivity index (χ0) is 11.4. The fourth-order valence-corrected chi connectivity index (χ4v) is 1.46. The number of aryl methyl sites for hydroxylation is 1. The van der Waals surface area contributed by atoms with Gasteiger partial charge in [-0.1, -0.05) is 23.4 Å². The molecule has 0 radical (unpaired) electrons. The van der Waals surface area contributed by atoms with Crippen LogP contribution in [-0.4, -0.2) is 20.1 Å². The lowest BCUT2D eigenvalue weighted by Crippen LogP contribution is -2.15. The molecule has 5 nitrogen and oxygen atoms in total. The van der Waals surface area contributed by atoms with Crippen LogP contribution in [0.1, 0.15) is 11.3 Å². The number of hydrogen-bond donors (Lipinski definition) is 2. The number of nitrogens with zero attached hydrogens (tertiary/aromatic N) is 3. The van der Waals surface area contributed by atoms with E-state index < -0.39 is 0 Å². The van der Waals surface area contributed by atoms with E-state index in [4.69, 9.17) is 0 Å². The molecule has 1 aromatic carbocycles. The molecular formula is C11H14N4O. The molecule has 5 heteroatoms. The van der Waals surface area contributed by atoms with Crippen molar-refractivity contribution in [3.05, 3.63) is 41.7 Å². The molecule has 0 unspecified atom stereocenters. The van der Waals surface area contributed by atoms with Crippen LogP contribution < -0.4 is 5.32 Å². The molecule has 16 heavy (non-hydrogen) atoms. The third kappa shape index (κ3) is 2.38. The first-order valence-electron chi connectivity index (χ1n) is 5.08. The number of phenols is 1. The second-order valence-electron chi connectivity index (χ2n) is 3.58. The number of rotatable bonds is 4. The Balaban J connectivity index is 1.89. The smallest absolute Gasteiger partial charge is 0.120 e. The van der Waals surface area contributed by atoms with Crippen molar-refractivity contribution < 1.29 is 5.11 Å². The predicted molar refractivity (Wildman–Crippen MR) is 59.7 cm³/mol. The summed E-state index contributed by atoms with van der Waals surface area (Å²) in [6.07, 6.45) is 1.72. The first kappa shape index (κ1) is 10.6. The molecule has 0 aliphatic heterocycles. The van der Waals surface area contributed by atoms with Crippen molar-refractivity contribution in [3.8, 4) is 5.75 Å². The van der Waals surface area contributed by atoms with Crippen molar-refractivity contribution in [2.45, 2.75) is 13.1 Å². The van der Waals surface area contributed by atoms with Gasteiger partial charge in [0.05, 0.1) is 11.9 Å². The first-order chi connectivity index (χ1) is 7.77. The molecule has 0 aliphatic rings. The molecule has 0 bridgehead atoms. The maximum Gasteiger partial charge on any atom is 0.120 e. The minimum Gasteiger partial charge on any atom is -0.508 e. The highest BCUT2D eigenvalue weighted by atomic mass is 16.3. The number of aromatic hydroxyl groups is 1. The van der Waals surface area contributed by atoms with Crippen molar-refractivity contribution >= 4 is 0 Å². The van der Waals surface area contributed by atoms with Gasteiger partial charge >= 0.3 is 0 Å². The normalized spacial score (nSPS) is 10.6. The Hall–Kier alpha value is -1.88. The van der Waals surface area contributed by atoms with Crippen LogP contribution in [0.15, 0.2) is 30.5 Å². The van der Waals surface area contributed by atoms with Gasteiger partial charge < -0.3 is 10.4 Å². The number of para-hydroxylation sites is 1. The molecule has 2 rings (SSSR count). The van der Waals surface area contributed by atoms with Crippen molar-refractivity contribution in [2.75, 3.05) is 0 Å². The van der Waals surface area contributed by atoms with Crippen molar-refractivity contribution in [3.63, 3.8) is 0 Å².